The normalized spacial score (nSPS) is 20.1. The van der Waals surface area contributed by atoms with Crippen LogP contribution < -0.4 is 10.2 Å². The minimum Gasteiger partial charge on any atom is -0.312 e. The lowest BCUT2D eigenvalue weighted by Gasteiger charge is -2.23. The third-order valence-electron chi connectivity index (χ3n) is 6.79. The summed E-state index contributed by atoms with van der Waals surface area (Å²) in [6, 6.07) is 8.05. The van der Waals surface area contributed by atoms with Crippen molar-refractivity contribution in [3.05, 3.63) is 58.7 Å². The molecule has 2 aliphatic rings. The van der Waals surface area contributed by atoms with E-state index < -0.39 is 5.82 Å². The second-order valence-corrected chi connectivity index (χ2v) is 10.2. The number of aromatic nitrogens is 3. The highest BCUT2D eigenvalue weighted by molar-refractivity contribution is 9.10. The van der Waals surface area contributed by atoms with E-state index in [1.54, 1.807) is 47.2 Å². The van der Waals surface area contributed by atoms with E-state index in [0.717, 1.165) is 24.8 Å². The van der Waals surface area contributed by atoms with Gasteiger partial charge < -0.3 is 10.2 Å². The summed E-state index contributed by atoms with van der Waals surface area (Å²) in [6.45, 7) is 2.71. The molecule has 1 N–H and O–H groups in total. The van der Waals surface area contributed by atoms with Crippen LogP contribution >= 0.6 is 15.9 Å². The summed E-state index contributed by atoms with van der Waals surface area (Å²) >= 11 is 3.40. The molecule has 7 nitrogen and oxygen atoms in total. The van der Waals surface area contributed by atoms with Crippen LogP contribution in [0.2, 0.25) is 0 Å². The first-order valence-electron chi connectivity index (χ1n) is 11.3. The molecule has 0 radical (unpaired) electrons. The molecule has 2 amide bonds. The van der Waals surface area contributed by atoms with E-state index in [4.69, 9.17) is 0 Å². The fourth-order valence-corrected chi connectivity index (χ4v) is 5.20. The third kappa shape index (κ3) is 4.49. The first-order valence-corrected chi connectivity index (χ1v) is 12.1. The Hall–Kier alpha value is -3.07. The van der Waals surface area contributed by atoms with Gasteiger partial charge in [0.1, 0.15) is 16.2 Å². The number of amides is 2. The first kappa shape index (κ1) is 22.7. The lowest BCUT2D eigenvalue weighted by molar-refractivity contribution is -0.125. The molecule has 3 heterocycles. The maximum absolute atomic E-state index is 14.2. The second kappa shape index (κ2) is 8.61. The molecule has 1 atom stereocenters. The van der Waals surface area contributed by atoms with E-state index >= 15 is 0 Å². The summed E-state index contributed by atoms with van der Waals surface area (Å²) in [4.78, 5) is 32.0. The molecule has 5 rings (SSSR count). The summed E-state index contributed by atoms with van der Waals surface area (Å²) in [5.74, 6) is 0.199. The van der Waals surface area contributed by atoms with Crippen molar-refractivity contribution in [2.45, 2.75) is 32.6 Å². The van der Waals surface area contributed by atoms with Crippen LogP contribution in [0.25, 0.3) is 11.1 Å². The molecule has 34 heavy (non-hydrogen) atoms. The van der Waals surface area contributed by atoms with Crippen LogP contribution in [0.15, 0.2) is 47.3 Å². The molecule has 176 valence electrons. The Morgan fingerprint density at radius 2 is 2.03 bits per heavy atom. The molecule has 0 bridgehead atoms. The number of hydrogen-bond acceptors (Lipinski definition) is 4. The molecule has 1 aromatic carbocycles. The van der Waals surface area contributed by atoms with Gasteiger partial charge in [0, 0.05) is 37.1 Å². The SMILES string of the molecule is Cn1cc(-c2cc(F)cc(CC(=O)Nc3cc(N4CC[C@@](C)(C5CC5)C4=O)cc(Br)n3)c2)cn1. The second-order valence-electron chi connectivity index (χ2n) is 9.41. The minimum absolute atomic E-state index is 0.0169. The molecule has 2 fully saturated rings. The van der Waals surface area contributed by atoms with Gasteiger partial charge in [-0.1, -0.05) is 13.0 Å². The van der Waals surface area contributed by atoms with Crippen molar-refractivity contribution < 1.29 is 14.0 Å². The average molecular weight is 526 g/mol. The fraction of sp³-hybridized carbons (Fsp3) is 0.360. The number of halogens is 2. The lowest BCUT2D eigenvalue weighted by Crippen LogP contribution is -2.34. The van der Waals surface area contributed by atoms with Crippen molar-refractivity contribution >= 4 is 39.2 Å². The van der Waals surface area contributed by atoms with Gasteiger partial charge in [-0.2, -0.15) is 5.10 Å². The van der Waals surface area contributed by atoms with Gasteiger partial charge in [0.15, 0.2) is 0 Å². The van der Waals surface area contributed by atoms with Crippen LogP contribution in [0.4, 0.5) is 15.9 Å². The topological polar surface area (TPSA) is 80.1 Å². The quantitative estimate of drug-likeness (QED) is 0.472. The number of carbonyl (C=O) groups excluding carboxylic acids is 2. The maximum Gasteiger partial charge on any atom is 0.233 e. The van der Waals surface area contributed by atoms with Gasteiger partial charge in [0.05, 0.1) is 18.0 Å². The molecular formula is C25H25BrFN5O2. The van der Waals surface area contributed by atoms with Crippen LogP contribution in [0.5, 0.6) is 0 Å². The molecule has 0 spiro atoms. The summed E-state index contributed by atoms with van der Waals surface area (Å²) in [6.07, 6.45) is 6.48. The number of pyridine rings is 1. The largest absolute Gasteiger partial charge is 0.312 e. The zero-order valence-corrected chi connectivity index (χ0v) is 20.6. The molecule has 2 aromatic heterocycles. The zero-order valence-electron chi connectivity index (χ0n) is 19.0. The van der Waals surface area contributed by atoms with E-state index in [1.807, 2.05) is 0 Å². The van der Waals surface area contributed by atoms with Crippen molar-refractivity contribution in [3.63, 3.8) is 0 Å². The number of benzene rings is 1. The van der Waals surface area contributed by atoms with Crippen molar-refractivity contribution in [2.24, 2.45) is 18.4 Å². The average Bonchev–Trinajstić information content (AvgIpc) is 3.46. The van der Waals surface area contributed by atoms with Gasteiger partial charge in [0.25, 0.3) is 0 Å². The van der Waals surface area contributed by atoms with Gasteiger partial charge in [-0.3, -0.25) is 14.3 Å². The number of aryl methyl sites for hydroxylation is 1. The van der Waals surface area contributed by atoms with E-state index in [9.17, 15) is 14.0 Å². The zero-order chi connectivity index (χ0) is 24.0. The number of rotatable bonds is 6. The van der Waals surface area contributed by atoms with Gasteiger partial charge >= 0.3 is 0 Å². The van der Waals surface area contributed by atoms with Gasteiger partial charge in [-0.25, -0.2) is 9.37 Å². The standard InChI is InChI=1S/C25H25BrFN5O2/c1-25(18-3-4-18)5-6-32(24(25)34)20-11-21(26)29-22(12-20)30-23(33)9-15-7-16(10-19(27)8-15)17-13-28-31(2)14-17/h7-8,10-14,18H,3-6,9H2,1-2H3,(H,29,30,33)/t25-/m0/s1. The van der Waals surface area contributed by atoms with Crippen LogP contribution in [0.3, 0.4) is 0 Å². The predicted octanol–water partition coefficient (Wildman–Crippen LogP) is 4.72. The molecule has 1 aliphatic carbocycles. The van der Waals surface area contributed by atoms with Crippen molar-refractivity contribution in [1.29, 1.82) is 0 Å². The highest BCUT2D eigenvalue weighted by Gasteiger charge is 2.52. The van der Waals surface area contributed by atoms with Crippen molar-refractivity contribution in [3.8, 4) is 11.1 Å². The minimum atomic E-state index is -0.418. The van der Waals surface area contributed by atoms with E-state index in [1.165, 1.54) is 12.1 Å². The molecular weight excluding hydrogens is 501 g/mol. The Balaban J connectivity index is 1.31. The predicted molar refractivity (Wildman–Crippen MR) is 131 cm³/mol. The third-order valence-corrected chi connectivity index (χ3v) is 7.19. The summed E-state index contributed by atoms with van der Waals surface area (Å²) in [5, 5.41) is 6.91. The number of hydrogen-bond donors (Lipinski definition) is 1. The summed E-state index contributed by atoms with van der Waals surface area (Å²) in [5.41, 5.74) is 2.38. The summed E-state index contributed by atoms with van der Waals surface area (Å²) < 4.78 is 16.4. The van der Waals surface area contributed by atoms with Crippen LogP contribution in [-0.4, -0.2) is 33.1 Å². The van der Waals surface area contributed by atoms with Crippen molar-refractivity contribution in [1.82, 2.24) is 14.8 Å². The van der Waals surface area contributed by atoms with E-state index in [0.29, 0.717) is 39.7 Å². The molecule has 9 heteroatoms. The number of carbonyl (C=O) groups is 2. The highest BCUT2D eigenvalue weighted by atomic mass is 79.9. The maximum atomic E-state index is 14.2. The Morgan fingerprint density at radius 3 is 2.74 bits per heavy atom. The monoisotopic (exact) mass is 525 g/mol. The fourth-order valence-electron chi connectivity index (χ4n) is 4.77. The smallest absolute Gasteiger partial charge is 0.233 e. The number of nitrogens with one attached hydrogen (secondary N) is 1. The molecule has 1 saturated carbocycles. The van der Waals surface area contributed by atoms with Gasteiger partial charge in [0.2, 0.25) is 11.8 Å². The Bertz CT molecular complexity index is 1290. The van der Waals surface area contributed by atoms with Crippen molar-refractivity contribution in [2.75, 3.05) is 16.8 Å². The van der Waals surface area contributed by atoms with E-state index in [-0.39, 0.29) is 23.7 Å². The van der Waals surface area contributed by atoms with Crippen LogP contribution in [-0.2, 0) is 23.1 Å². The Kier molecular flexibility index (Phi) is 5.75. The van der Waals surface area contributed by atoms with Gasteiger partial charge in [-0.05, 0) is 70.4 Å². The summed E-state index contributed by atoms with van der Waals surface area (Å²) in [7, 11) is 1.79. The lowest BCUT2D eigenvalue weighted by atomic mass is 9.83. The van der Waals surface area contributed by atoms with Crippen LogP contribution in [0, 0.1) is 17.2 Å². The molecule has 1 aliphatic heterocycles. The van der Waals surface area contributed by atoms with Crippen LogP contribution in [0.1, 0.15) is 31.7 Å². The number of anilines is 2. The Morgan fingerprint density at radius 1 is 1.24 bits per heavy atom. The number of nitrogens with zero attached hydrogens (tertiary/aromatic N) is 4. The first-order chi connectivity index (χ1) is 16.2. The molecule has 1 saturated heterocycles. The molecule has 3 aromatic rings. The molecule has 0 unspecified atom stereocenters. The van der Waals surface area contributed by atoms with Gasteiger partial charge in [-0.15, -0.1) is 0 Å². The Labute approximate surface area is 205 Å². The highest BCUT2D eigenvalue weighted by Crippen LogP contribution is 2.52. The van der Waals surface area contributed by atoms with E-state index in [2.05, 4.69) is 38.3 Å².